The molecular weight excluding hydrogens is 407 g/mol. The fraction of sp³-hybridized carbons (Fsp3) is 0.222. The lowest BCUT2D eigenvalue weighted by atomic mass is 10.2. The highest BCUT2D eigenvalue weighted by atomic mass is 79.9. The van der Waals surface area contributed by atoms with Crippen molar-refractivity contribution in [3.8, 4) is 0 Å². The van der Waals surface area contributed by atoms with Crippen molar-refractivity contribution >= 4 is 45.2 Å². The molecule has 0 saturated carbocycles. The van der Waals surface area contributed by atoms with E-state index in [1.807, 2.05) is 24.3 Å². The normalized spacial score (nSPS) is 10.4. The number of thioether (sulfide) groups is 1. The molecule has 0 radical (unpaired) electrons. The molecule has 7 heteroatoms. The summed E-state index contributed by atoms with van der Waals surface area (Å²) < 4.78 is 13.8. The number of benzene rings is 2. The minimum absolute atomic E-state index is 0.0460. The number of rotatable bonds is 7. The lowest BCUT2D eigenvalue weighted by Gasteiger charge is -2.18. The van der Waals surface area contributed by atoms with Gasteiger partial charge in [-0.1, -0.05) is 34.1 Å². The molecule has 0 saturated heterocycles. The van der Waals surface area contributed by atoms with E-state index in [-0.39, 0.29) is 29.1 Å². The highest BCUT2D eigenvalue weighted by molar-refractivity contribution is 9.10. The molecule has 2 aromatic rings. The van der Waals surface area contributed by atoms with Gasteiger partial charge in [-0.15, -0.1) is 11.8 Å². The predicted molar refractivity (Wildman–Crippen MR) is 103 cm³/mol. The fourth-order valence-corrected chi connectivity index (χ4v) is 3.21. The van der Waals surface area contributed by atoms with Crippen LogP contribution >= 0.6 is 27.7 Å². The summed E-state index contributed by atoms with van der Waals surface area (Å²) in [5, 5.41) is 2.66. The van der Waals surface area contributed by atoms with Crippen molar-refractivity contribution in [2.75, 3.05) is 23.9 Å². The van der Waals surface area contributed by atoms with Crippen molar-refractivity contribution in [3.05, 3.63) is 64.4 Å². The Bertz CT molecular complexity index is 740. The number of amides is 2. The Morgan fingerprint density at radius 2 is 1.80 bits per heavy atom. The number of carbonyl (C=O) groups is 2. The summed E-state index contributed by atoms with van der Waals surface area (Å²) >= 11 is 4.71. The van der Waals surface area contributed by atoms with Gasteiger partial charge in [-0.2, -0.15) is 0 Å². The largest absolute Gasteiger partial charge is 0.341 e. The van der Waals surface area contributed by atoms with E-state index in [9.17, 15) is 14.0 Å². The molecule has 4 nitrogen and oxygen atoms in total. The minimum Gasteiger partial charge on any atom is -0.341 e. The van der Waals surface area contributed by atoms with Crippen molar-refractivity contribution in [1.82, 2.24) is 4.90 Å². The van der Waals surface area contributed by atoms with Crippen LogP contribution in [-0.2, 0) is 16.1 Å². The van der Waals surface area contributed by atoms with Crippen LogP contribution in [0.5, 0.6) is 0 Å². The van der Waals surface area contributed by atoms with Gasteiger partial charge in [0.15, 0.2) is 0 Å². The van der Waals surface area contributed by atoms with Crippen molar-refractivity contribution in [1.29, 1.82) is 0 Å². The summed E-state index contributed by atoms with van der Waals surface area (Å²) in [6.45, 7) is 0.503. The zero-order valence-corrected chi connectivity index (χ0v) is 16.1. The van der Waals surface area contributed by atoms with Crippen molar-refractivity contribution in [2.45, 2.75) is 6.54 Å². The Morgan fingerprint density at radius 3 is 2.48 bits per heavy atom. The third-order valence-corrected chi connectivity index (χ3v) is 5.07. The molecule has 0 aliphatic heterocycles. The molecule has 132 valence electrons. The molecule has 0 spiro atoms. The minimum atomic E-state index is -0.355. The summed E-state index contributed by atoms with van der Waals surface area (Å²) in [6, 6.07) is 13.3. The molecule has 2 aromatic carbocycles. The molecular formula is C18H18BrFN2O2S. The van der Waals surface area contributed by atoms with Gasteiger partial charge in [0.05, 0.1) is 11.5 Å². The molecule has 0 bridgehead atoms. The Kier molecular flexibility index (Phi) is 7.46. The van der Waals surface area contributed by atoms with Crippen LogP contribution in [0.15, 0.2) is 53.0 Å². The second-order valence-electron chi connectivity index (χ2n) is 5.39. The lowest BCUT2D eigenvalue weighted by molar-refractivity contribution is -0.127. The summed E-state index contributed by atoms with van der Waals surface area (Å²) in [6.07, 6.45) is 0. The van der Waals surface area contributed by atoms with Crippen LogP contribution in [-0.4, -0.2) is 35.3 Å². The zero-order valence-electron chi connectivity index (χ0n) is 13.7. The number of anilines is 1. The molecule has 2 amide bonds. The van der Waals surface area contributed by atoms with Crippen molar-refractivity contribution in [2.24, 2.45) is 0 Å². The van der Waals surface area contributed by atoms with Gasteiger partial charge in [0.1, 0.15) is 5.82 Å². The summed E-state index contributed by atoms with van der Waals surface area (Å²) in [7, 11) is 1.74. The average molecular weight is 425 g/mol. The quantitative estimate of drug-likeness (QED) is 0.732. The van der Waals surface area contributed by atoms with E-state index >= 15 is 0 Å². The van der Waals surface area contributed by atoms with Crippen LogP contribution in [0.25, 0.3) is 0 Å². The van der Waals surface area contributed by atoms with Gasteiger partial charge in [-0.25, -0.2) is 4.39 Å². The van der Waals surface area contributed by atoms with Gasteiger partial charge < -0.3 is 10.2 Å². The van der Waals surface area contributed by atoms with E-state index in [1.54, 1.807) is 11.9 Å². The zero-order chi connectivity index (χ0) is 18.2. The van der Waals surface area contributed by atoms with Gasteiger partial charge in [0.2, 0.25) is 11.8 Å². The number of hydrogen-bond acceptors (Lipinski definition) is 3. The molecule has 0 aliphatic rings. The third-order valence-electron chi connectivity index (χ3n) is 3.38. The highest BCUT2D eigenvalue weighted by Crippen LogP contribution is 2.17. The molecule has 0 aromatic heterocycles. The first-order valence-corrected chi connectivity index (χ1v) is 9.51. The van der Waals surface area contributed by atoms with E-state index in [0.29, 0.717) is 12.2 Å². The monoisotopic (exact) mass is 424 g/mol. The summed E-state index contributed by atoms with van der Waals surface area (Å²) in [4.78, 5) is 25.6. The topological polar surface area (TPSA) is 49.4 Å². The first kappa shape index (κ1) is 19.5. The maximum Gasteiger partial charge on any atom is 0.234 e. The Labute approximate surface area is 158 Å². The second kappa shape index (κ2) is 9.58. The Morgan fingerprint density at radius 1 is 1.12 bits per heavy atom. The van der Waals surface area contributed by atoms with Crippen LogP contribution in [0.1, 0.15) is 5.56 Å². The number of nitrogens with zero attached hydrogens (tertiary/aromatic N) is 1. The van der Waals surface area contributed by atoms with E-state index in [2.05, 4.69) is 21.2 Å². The van der Waals surface area contributed by atoms with Gasteiger partial charge in [0, 0.05) is 23.8 Å². The number of halogens is 2. The van der Waals surface area contributed by atoms with Crippen LogP contribution < -0.4 is 5.32 Å². The average Bonchev–Trinajstić information content (AvgIpc) is 2.59. The van der Waals surface area contributed by atoms with Crippen LogP contribution in [0.3, 0.4) is 0 Å². The first-order valence-electron chi connectivity index (χ1n) is 7.56. The number of hydrogen-bond donors (Lipinski definition) is 1. The van der Waals surface area contributed by atoms with E-state index in [1.165, 1.54) is 36.0 Å². The van der Waals surface area contributed by atoms with Gasteiger partial charge in [0.25, 0.3) is 0 Å². The molecule has 0 heterocycles. The maximum atomic E-state index is 12.8. The van der Waals surface area contributed by atoms with Gasteiger partial charge in [-0.05, 0) is 35.9 Å². The Hall–Kier alpha value is -1.86. The SMILES string of the molecule is CN(Cc1ccccc1Br)C(=O)CSCC(=O)Nc1ccc(F)cc1. The van der Waals surface area contributed by atoms with Crippen LogP contribution in [0, 0.1) is 5.82 Å². The third kappa shape index (κ3) is 6.51. The van der Waals surface area contributed by atoms with Crippen LogP contribution in [0.4, 0.5) is 10.1 Å². The maximum absolute atomic E-state index is 12.8. The number of nitrogens with one attached hydrogen (secondary N) is 1. The van der Waals surface area contributed by atoms with Gasteiger partial charge >= 0.3 is 0 Å². The Balaban J connectivity index is 1.73. The first-order chi connectivity index (χ1) is 12.0. The standard InChI is InChI=1S/C18H18BrFN2O2S/c1-22(10-13-4-2-3-5-16(13)19)18(24)12-25-11-17(23)21-15-8-6-14(20)7-9-15/h2-9H,10-12H2,1H3,(H,21,23). The van der Waals surface area contributed by atoms with E-state index in [0.717, 1.165) is 10.0 Å². The smallest absolute Gasteiger partial charge is 0.234 e. The molecule has 2 rings (SSSR count). The molecule has 1 N–H and O–H groups in total. The highest BCUT2D eigenvalue weighted by Gasteiger charge is 2.12. The van der Waals surface area contributed by atoms with E-state index < -0.39 is 0 Å². The predicted octanol–water partition coefficient (Wildman–Crippen LogP) is 3.92. The van der Waals surface area contributed by atoms with Gasteiger partial charge in [-0.3, -0.25) is 9.59 Å². The van der Waals surface area contributed by atoms with Crippen molar-refractivity contribution in [3.63, 3.8) is 0 Å². The van der Waals surface area contributed by atoms with E-state index in [4.69, 9.17) is 0 Å². The fourth-order valence-electron chi connectivity index (χ4n) is 2.04. The summed E-state index contributed by atoms with van der Waals surface area (Å²) in [5.41, 5.74) is 1.56. The van der Waals surface area contributed by atoms with Crippen LogP contribution in [0.2, 0.25) is 0 Å². The molecule has 0 atom stereocenters. The molecule has 0 fully saturated rings. The lowest BCUT2D eigenvalue weighted by Crippen LogP contribution is -2.28. The molecule has 25 heavy (non-hydrogen) atoms. The molecule has 0 aliphatic carbocycles. The second-order valence-corrected chi connectivity index (χ2v) is 7.23. The summed E-state index contributed by atoms with van der Waals surface area (Å²) in [5.74, 6) is -0.247. The number of carbonyl (C=O) groups excluding carboxylic acids is 2. The molecule has 0 unspecified atom stereocenters. The van der Waals surface area contributed by atoms with Crippen molar-refractivity contribution < 1.29 is 14.0 Å².